The van der Waals surface area contributed by atoms with E-state index in [9.17, 15) is 14.4 Å². The molecule has 3 N–H and O–H groups in total. The van der Waals surface area contributed by atoms with Crippen molar-refractivity contribution >= 4 is 29.3 Å². The average molecular weight is 397 g/mol. The Morgan fingerprint density at radius 1 is 0.828 bits per heavy atom. The molecular formula is C22H27N3O4. The lowest BCUT2D eigenvalue weighted by atomic mass is 10.1. The molecule has 0 fully saturated rings. The van der Waals surface area contributed by atoms with Gasteiger partial charge in [0.05, 0.1) is 17.8 Å². The van der Waals surface area contributed by atoms with E-state index in [0.29, 0.717) is 11.4 Å². The topological polar surface area (TPSA) is 96.5 Å². The van der Waals surface area contributed by atoms with Crippen molar-refractivity contribution in [1.29, 1.82) is 0 Å². The molecule has 7 nitrogen and oxygen atoms in total. The minimum atomic E-state index is -0.594. The molecule has 2 aromatic rings. The van der Waals surface area contributed by atoms with E-state index < -0.39 is 11.7 Å². The average Bonchev–Trinajstić information content (AvgIpc) is 2.62. The second-order valence-corrected chi connectivity index (χ2v) is 7.48. The molecule has 0 bridgehead atoms. The Labute approximate surface area is 170 Å². The van der Waals surface area contributed by atoms with Crippen molar-refractivity contribution in [2.45, 2.75) is 39.2 Å². The quantitative estimate of drug-likeness (QED) is 0.663. The zero-order valence-electron chi connectivity index (χ0n) is 17.0. The highest BCUT2D eigenvalue weighted by molar-refractivity contribution is 6.00. The van der Waals surface area contributed by atoms with Crippen molar-refractivity contribution < 1.29 is 19.1 Å². The SMILES string of the molecule is CC(C)(C)OC(=O)NCCC(=O)Nc1ccccc1NC(=O)Cc1ccccc1. The molecule has 0 aliphatic carbocycles. The molecule has 0 saturated heterocycles. The fourth-order valence-corrected chi connectivity index (χ4v) is 2.48. The van der Waals surface area contributed by atoms with Gasteiger partial charge in [-0.15, -0.1) is 0 Å². The molecule has 29 heavy (non-hydrogen) atoms. The standard InChI is InChI=1S/C22H27N3O4/c1-22(2,3)29-21(28)23-14-13-19(26)24-17-11-7-8-12-18(17)25-20(27)15-16-9-5-4-6-10-16/h4-12H,13-15H2,1-3H3,(H,23,28)(H,24,26)(H,25,27). The fraction of sp³-hybridized carbons (Fsp3) is 0.318. The van der Waals surface area contributed by atoms with Crippen LogP contribution in [-0.2, 0) is 20.7 Å². The molecule has 0 saturated carbocycles. The predicted octanol–water partition coefficient (Wildman–Crippen LogP) is 3.72. The van der Waals surface area contributed by atoms with Gasteiger partial charge >= 0.3 is 6.09 Å². The molecule has 2 aromatic carbocycles. The Morgan fingerprint density at radius 3 is 1.97 bits per heavy atom. The lowest BCUT2D eigenvalue weighted by Gasteiger charge is -2.19. The number of para-hydroxylation sites is 2. The third-order valence-corrected chi connectivity index (χ3v) is 3.70. The van der Waals surface area contributed by atoms with Crippen LogP contribution >= 0.6 is 0 Å². The number of ether oxygens (including phenoxy) is 1. The Kier molecular flexibility index (Phi) is 7.77. The summed E-state index contributed by atoms with van der Waals surface area (Å²) in [4.78, 5) is 36.1. The molecule has 0 unspecified atom stereocenters. The maximum absolute atomic E-state index is 12.3. The Hall–Kier alpha value is -3.35. The lowest BCUT2D eigenvalue weighted by Crippen LogP contribution is -2.34. The molecule has 0 heterocycles. The Morgan fingerprint density at radius 2 is 1.38 bits per heavy atom. The summed E-state index contributed by atoms with van der Waals surface area (Å²) in [7, 11) is 0. The van der Waals surface area contributed by atoms with Crippen molar-refractivity contribution in [3.63, 3.8) is 0 Å². The summed E-state index contributed by atoms with van der Waals surface area (Å²) in [5.74, 6) is -0.463. The molecule has 154 valence electrons. The van der Waals surface area contributed by atoms with E-state index in [1.165, 1.54) is 0 Å². The van der Waals surface area contributed by atoms with E-state index in [-0.39, 0.29) is 31.2 Å². The van der Waals surface area contributed by atoms with E-state index in [0.717, 1.165) is 5.56 Å². The van der Waals surface area contributed by atoms with Crippen LogP contribution in [0.5, 0.6) is 0 Å². The molecule has 0 atom stereocenters. The first-order chi connectivity index (χ1) is 13.7. The van der Waals surface area contributed by atoms with Gasteiger partial charge in [-0.05, 0) is 38.5 Å². The molecule has 3 amide bonds. The molecule has 0 aliphatic heterocycles. The molecule has 0 aliphatic rings. The first-order valence-electron chi connectivity index (χ1n) is 9.42. The number of rotatable bonds is 7. The Bertz CT molecular complexity index is 845. The minimum absolute atomic E-state index is 0.0749. The maximum atomic E-state index is 12.3. The van der Waals surface area contributed by atoms with Crippen LogP contribution in [0.3, 0.4) is 0 Å². The first kappa shape index (κ1) is 21.9. The van der Waals surface area contributed by atoms with Gasteiger partial charge < -0.3 is 20.7 Å². The summed E-state index contributed by atoms with van der Waals surface area (Å²) in [6.07, 6.45) is -0.257. The number of hydrogen-bond donors (Lipinski definition) is 3. The van der Waals surface area contributed by atoms with Gasteiger partial charge in [0, 0.05) is 13.0 Å². The molecule has 7 heteroatoms. The number of benzene rings is 2. The second kappa shape index (κ2) is 10.3. The highest BCUT2D eigenvalue weighted by atomic mass is 16.6. The number of anilines is 2. The van der Waals surface area contributed by atoms with E-state index in [1.807, 2.05) is 30.3 Å². The lowest BCUT2D eigenvalue weighted by molar-refractivity contribution is -0.116. The molecule has 0 aromatic heterocycles. The second-order valence-electron chi connectivity index (χ2n) is 7.48. The number of nitrogens with one attached hydrogen (secondary N) is 3. The summed E-state index contributed by atoms with van der Waals surface area (Å²) in [5, 5.41) is 8.12. The third-order valence-electron chi connectivity index (χ3n) is 3.70. The van der Waals surface area contributed by atoms with Gasteiger partial charge in [0.1, 0.15) is 5.60 Å². The summed E-state index contributed by atoms with van der Waals surface area (Å²) in [6, 6.07) is 16.4. The summed E-state index contributed by atoms with van der Waals surface area (Å²) in [6.45, 7) is 5.44. The zero-order chi connectivity index (χ0) is 21.3. The van der Waals surface area contributed by atoms with E-state index in [2.05, 4.69) is 16.0 Å². The van der Waals surface area contributed by atoms with Crippen LogP contribution in [0.4, 0.5) is 16.2 Å². The number of carbonyl (C=O) groups is 3. The number of hydrogen-bond acceptors (Lipinski definition) is 4. The predicted molar refractivity (Wildman–Crippen MR) is 113 cm³/mol. The van der Waals surface area contributed by atoms with Crippen molar-refractivity contribution in [3.8, 4) is 0 Å². The Balaban J connectivity index is 1.85. The van der Waals surface area contributed by atoms with Gasteiger partial charge in [0.15, 0.2) is 0 Å². The van der Waals surface area contributed by atoms with Crippen LogP contribution in [0.15, 0.2) is 54.6 Å². The zero-order valence-corrected chi connectivity index (χ0v) is 17.0. The highest BCUT2D eigenvalue weighted by Gasteiger charge is 2.16. The highest BCUT2D eigenvalue weighted by Crippen LogP contribution is 2.21. The maximum Gasteiger partial charge on any atom is 0.407 e. The summed E-state index contributed by atoms with van der Waals surface area (Å²) < 4.78 is 5.12. The van der Waals surface area contributed by atoms with Crippen molar-refractivity contribution in [3.05, 3.63) is 60.2 Å². The molecular weight excluding hydrogens is 370 g/mol. The van der Waals surface area contributed by atoms with Crippen molar-refractivity contribution in [2.24, 2.45) is 0 Å². The van der Waals surface area contributed by atoms with E-state index >= 15 is 0 Å². The van der Waals surface area contributed by atoms with Gasteiger partial charge in [-0.25, -0.2) is 4.79 Å². The molecule has 0 radical (unpaired) electrons. The van der Waals surface area contributed by atoms with Crippen molar-refractivity contribution in [2.75, 3.05) is 17.2 Å². The smallest absolute Gasteiger partial charge is 0.407 e. The van der Waals surface area contributed by atoms with Crippen LogP contribution in [0.25, 0.3) is 0 Å². The minimum Gasteiger partial charge on any atom is -0.444 e. The largest absolute Gasteiger partial charge is 0.444 e. The first-order valence-corrected chi connectivity index (χ1v) is 9.42. The van der Waals surface area contributed by atoms with Crippen LogP contribution in [-0.4, -0.2) is 30.1 Å². The number of alkyl carbamates (subject to hydrolysis) is 1. The van der Waals surface area contributed by atoms with Gasteiger partial charge in [-0.1, -0.05) is 42.5 Å². The van der Waals surface area contributed by atoms with Crippen LogP contribution in [0.1, 0.15) is 32.8 Å². The van der Waals surface area contributed by atoms with Gasteiger partial charge in [0.25, 0.3) is 0 Å². The van der Waals surface area contributed by atoms with Gasteiger partial charge in [0.2, 0.25) is 11.8 Å². The van der Waals surface area contributed by atoms with Crippen molar-refractivity contribution in [1.82, 2.24) is 5.32 Å². The summed E-state index contributed by atoms with van der Waals surface area (Å²) in [5.41, 5.74) is 1.32. The number of amides is 3. The van der Waals surface area contributed by atoms with Crippen LogP contribution in [0.2, 0.25) is 0 Å². The van der Waals surface area contributed by atoms with Gasteiger partial charge in [-0.3, -0.25) is 9.59 Å². The normalized spacial score (nSPS) is 10.7. The monoisotopic (exact) mass is 397 g/mol. The van der Waals surface area contributed by atoms with E-state index in [1.54, 1.807) is 45.0 Å². The van der Waals surface area contributed by atoms with Crippen LogP contribution in [0, 0.1) is 0 Å². The fourth-order valence-electron chi connectivity index (χ4n) is 2.48. The van der Waals surface area contributed by atoms with E-state index in [4.69, 9.17) is 4.74 Å². The molecule has 0 spiro atoms. The summed E-state index contributed by atoms with van der Waals surface area (Å²) >= 11 is 0. The van der Waals surface area contributed by atoms with Crippen LogP contribution < -0.4 is 16.0 Å². The number of carbonyl (C=O) groups excluding carboxylic acids is 3. The van der Waals surface area contributed by atoms with Gasteiger partial charge in [-0.2, -0.15) is 0 Å². The molecule has 2 rings (SSSR count). The third kappa shape index (κ3) is 8.47.